The van der Waals surface area contributed by atoms with Gasteiger partial charge in [-0.05, 0) is 37.3 Å². The van der Waals surface area contributed by atoms with Gasteiger partial charge in [0.1, 0.15) is 11.2 Å². The van der Waals surface area contributed by atoms with E-state index in [1.807, 2.05) is 37.3 Å². The molecule has 0 unspecified atom stereocenters. The number of rotatable bonds is 5. The molecule has 4 aromatic rings. The van der Waals surface area contributed by atoms with Crippen LogP contribution in [0.5, 0.6) is 0 Å². The minimum absolute atomic E-state index is 0.171. The third kappa shape index (κ3) is 3.43. The largest absolute Gasteiger partial charge is 0.278 e. The molecule has 0 radical (unpaired) electrons. The van der Waals surface area contributed by atoms with Crippen LogP contribution in [0, 0.1) is 0 Å². The lowest BCUT2D eigenvalue weighted by Gasteiger charge is -2.19. The van der Waals surface area contributed by atoms with Gasteiger partial charge in [0, 0.05) is 18.9 Å². The molecule has 0 aliphatic rings. The van der Waals surface area contributed by atoms with Crippen molar-refractivity contribution in [1.82, 2.24) is 19.7 Å². The maximum atomic E-state index is 13.3. The summed E-state index contributed by atoms with van der Waals surface area (Å²) in [5.74, 6) is -0.171. The second-order valence-electron chi connectivity index (χ2n) is 5.83. The first-order valence-corrected chi connectivity index (χ1v) is 9.65. The molecule has 27 heavy (non-hydrogen) atoms. The average Bonchev–Trinajstić information content (AvgIpc) is 3.34. The molecule has 1 amide bonds. The van der Waals surface area contributed by atoms with Crippen LogP contribution in [0.15, 0.2) is 54.9 Å². The Balaban J connectivity index is 1.79. The lowest BCUT2D eigenvalue weighted by molar-refractivity contribution is 0.0974. The molecule has 4 rings (SSSR count). The molecule has 8 heteroatoms. The molecule has 0 aliphatic heterocycles. The van der Waals surface area contributed by atoms with Gasteiger partial charge in [-0.15, -0.1) is 0 Å². The van der Waals surface area contributed by atoms with Crippen molar-refractivity contribution >= 4 is 44.2 Å². The van der Waals surface area contributed by atoms with Gasteiger partial charge in [0.2, 0.25) is 0 Å². The average molecular weight is 398 g/mol. The van der Waals surface area contributed by atoms with Crippen molar-refractivity contribution in [3.05, 3.63) is 71.3 Å². The van der Waals surface area contributed by atoms with E-state index >= 15 is 0 Å². The van der Waals surface area contributed by atoms with Crippen molar-refractivity contribution in [2.75, 3.05) is 4.90 Å². The third-order valence-corrected chi connectivity index (χ3v) is 5.46. The zero-order chi connectivity index (χ0) is 18.8. The number of pyridine rings is 1. The number of anilines is 1. The fourth-order valence-electron chi connectivity index (χ4n) is 2.80. The molecular formula is C19H16ClN5OS. The predicted octanol–water partition coefficient (Wildman–Crippen LogP) is 4.41. The summed E-state index contributed by atoms with van der Waals surface area (Å²) in [5, 5.41) is 5.36. The zero-order valence-corrected chi connectivity index (χ0v) is 16.1. The minimum atomic E-state index is -0.171. The first-order chi connectivity index (χ1) is 13.2. The van der Waals surface area contributed by atoms with Crippen molar-refractivity contribution in [2.45, 2.75) is 20.0 Å². The van der Waals surface area contributed by atoms with Gasteiger partial charge < -0.3 is 0 Å². The monoisotopic (exact) mass is 397 g/mol. The van der Waals surface area contributed by atoms with Gasteiger partial charge in [0.05, 0.1) is 22.0 Å². The quantitative estimate of drug-likeness (QED) is 0.500. The van der Waals surface area contributed by atoms with Crippen LogP contribution < -0.4 is 4.90 Å². The lowest BCUT2D eigenvalue weighted by Crippen LogP contribution is -2.32. The van der Waals surface area contributed by atoms with Gasteiger partial charge in [-0.1, -0.05) is 35.1 Å². The van der Waals surface area contributed by atoms with Gasteiger partial charge in [-0.25, -0.2) is 4.98 Å². The molecule has 0 saturated carbocycles. The van der Waals surface area contributed by atoms with Crippen LogP contribution in [0.2, 0.25) is 5.02 Å². The summed E-state index contributed by atoms with van der Waals surface area (Å²) in [6.07, 6.45) is 3.34. The van der Waals surface area contributed by atoms with Crippen LogP contribution in [0.25, 0.3) is 10.2 Å². The topological polar surface area (TPSA) is 63.9 Å². The highest BCUT2D eigenvalue weighted by atomic mass is 35.5. The van der Waals surface area contributed by atoms with E-state index in [1.54, 1.807) is 34.1 Å². The summed E-state index contributed by atoms with van der Waals surface area (Å²) >= 11 is 7.71. The van der Waals surface area contributed by atoms with Gasteiger partial charge in [0.25, 0.3) is 5.91 Å². The van der Waals surface area contributed by atoms with E-state index in [2.05, 4.69) is 15.1 Å². The van der Waals surface area contributed by atoms with Crippen LogP contribution in [-0.4, -0.2) is 25.7 Å². The number of aromatic nitrogens is 4. The number of hydrogen-bond donors (Lipinski definition) is 0. The van der Waals surface area contributed by atoms with Crippen LogP contribution in [0.4, 0.5) is 5.13 Å². The Morgan fingerprint density at radius 2 is 2.07 bits per heavy atom. The number of fused-ring (bicyclic) bond motifs is 1. The SMILES string of the molecule is CCn1nccc1C(=O)N(Cc1ccccn1)c1nc2c(Cl)cccc2s1. The Morgan fingerprint density at radius 3 is 2.81 bits per heavy atom. The van der Waals surface area contributed by atoms with Crippen LogP contribution in [-0.2, 0) is 13.1 Å². The molecule has 1 aromatic carbocycles. The fourth-order valence-corrected chi connectivity index (χ4v) is 4.07. The van der Waals surface area contributed by atoms with Gasteiger partial charge >= 0.3 is 0 Å². The second kappa shape index (κ2) is 7.46. The van der Waals surface area contributed by atoms with Crippen molar-refractivity contribution in [2.24, 2.45) is 0 Å². The Labute approximate surface area is 165 Å². The smallest absolute Gasteiger partial charge is 0.277 e. The molecule has 0 fully saturated rings. The number of para-hydroxylation sites is 1. The van der Waals surface area contributed by atoms with Crippen LogP contribution in [0.1, 0.15) is 23.1 Å². The van der Waals surface area contributed by atoms with E-state index < -0.39 is 0 Å². The van der Waals surface area contributed by atoms with Crippen molar-refractivity contribution in [3.63, 3.8) is 0 Å². The number of thiazole rings is 1. The summed E-state index contributed by atoms with van der Waals surface area (Å²) < 4.78 is 2.61. The van der Waals surface area contributed by atoms with Gasteiger partial charge in [0.15, 0.2) is 5.13 Å². The number of nitrogens with zero attached hydrogens (tertiary/aromatic N) is 5. The molecule has 3 aromatic heterocycles. The molecule has 0 aliphatic carbocycles. The predicted molar refractivity (Wildman–Crippen MR) is 107 cm³/mol. The number of aryl methyl sites for hydroxylation is 1. The minimum Gasteiger partial charge on any atom is -0.277 e. The van der Waals surface area contributed by atoms with Crippen molar-refractivity contribution < 1.29 is 4.79 Å². The maximum Gasteiger partial charge on any atom is 0.278 e. The van der Waals surface area contributed by atoms with Gasteiger partial charge in [-0.3, -0.25) is 19.4 Å². The number of benzene rings is 1. The molecule has 0 spiro atoms. The second-order valence-corrected chi connectivity index (χ2v) is 7.24. The Hall–Kier alpha value is -2.77. The molecule has 0 N–H and O–H groups in total. The summed E-state index contributed by atoms with van der Waals surface area (Å²) in [5.41, 5.74) is 1.99. The molecule has 136 valence electrons. The van der Waals surface area contributed by atoms with E-state index in [-0.39, 0.29) is 5.91 Å². The van der Waals surface area contributed by atoms with E-state index in [4.69, 9.17) is 11.6 Å². The molecular weight excluding hydrogens is 382 g/mol. The van der Waals surface area contributed by atoms with E-state index in [0.29, 0.717) is 34.5 Å². The number of hydrogen-bond acceptors (Lipinski definition) is 5. The first kappa shape index (κ1) is 17.6. The van der Waals surface area contributed by atoms with Crippen LogP contribution in [0.3, 0.4) is 0 Å². The number of carbonyl (C=O) groups excluding carboxylic acids is 1. The summed E-state index contributed by atoms with van der Waals surface area (Å²) in [6, 6.07) is 13.0. The van der Waals surface area contributed by atoms with E-state index in [1.165, 1.54) is 11.3 Å². The molecule has 0 bridgehead atoms. The zero-order valence-electron chi connectivity index (χ0n) is 14.5. The van der Waals surface area contributed by atoms with E-state index in [9.17, 15) is 4.79 Å². The first-order valence-electron chi connectivity index (χ1n) is 8.46. The highest BCUT2D eigenvalue weighted by Crippen LogP contribution is 2.34. The highest BCUT2D eigenvalue weighted by Gasteiger charge is 2.25. The summed E-state index contributed by atoms with van der Waals surface area (Å²) in [4.78, 5) is 23.9. The third-order valence-electron chi connectivity index (χ3n) is 4.12. The molecule has 3 heterocycles. The van der Waals surface area contributed by atoms with Crippen LogP contribution >= 0.6 is 22.9 Å². The number of carbonyl (C=O) groups is 1. The molecule has 0 atom stereocenters. The summed E-state index contributed by atoms with van der Waals surface area (Å²) in [7, 11) is 0. The normalized spacial score (nSPS) is 11.0. The van der Waals surface area contributed by atoms with E-state index in [0.717, 1.165) is 10.4 Å². The van der Waals surface area contributed by atoms with Crippen molar-refractivity contribution in [3.8, 4) is 0 Å². The molecule has 6 nitrogen and oxygen atoms in total. The molecule has 0 saturated heterocycles. The Morgan fingerprint density at radius 1 is 1.19 bits per heavy atom. The van der Waals surface area contributed by atoms with Gasteiger partial charge in [-0.2, -0.15) is 5.10 Å². The standard InChI is InChI=1S/C19H16ClN5OS/c1-2-25-15(9-11-22-25)18(26)24(12-13-6-3-4-10-21-13)19-23-17-14(20)7-5-8-16(17)27-19/h3-11H,2,12H2,1H3. The van der Waals surface area contributed by atoms with Crippen molar-refractivity contribution in [1.29, 1.82) is 0 Å². The lowest BCUT2D eigenvalue weighted by atomic mass is 10.3. The summed E-state index contributed by atoms with van der Waals surface area (Å²) in [6.45, 7) is 2.87. The Bertz CT molecular complexity index is 1090. The number of amides is 1. The fraction of sp³-hybridized carbons (Fsp3) is 0.158. The maximum absolute atomic E-state index is 13.3. The number of halogens is 1. The Kier molecular flexibility index (Phi) is 4.87. The highest BCUT2D eigenvalue weighted by molar-refractivity contribution is 7.22.